The molecule has 0 radical (unpaired) electrons. The molecule has 1 aliphatic rings. The van der Waals surface area contributed by atoms with E-state index in [-0.39, 0.29) is 12.0 Å². The van der Waals surface area contributed by atoms with Crippen molar-refractivity contribution >= 4 is 23.3 Å². The maximum atomic E-state index is 12.5. The average Bonchev–Trinajstić information content (AvgIpc) is 3.07. The van der Waals surface area contributed by atoms with E-state index in [4.69, 9.17) is 9.47 Å². The van der Waals surface area contributed by atoms with Gasteiger partial charge in [0.25, 0.3) is 0 Å². The first-order valence-electron chi connectivity index (χ1n) is 8.43. The number of benzene rings is 1. The van der Waals surface area contributed by atoms with Crippen molar-refractivity contribution in [3.63, 3.8) is 0 Å². The molecule has 0 saturated carbocycles. The van der Waals surface area contributed by atoms with E-state index in [0.717, 1.165) is 18.5 Å². The maximum Gasteiger partial charge on any atom is 0.246 e. The second-order valence-electron chi connectivity index (χ2n) is 6.29. The Morgan fingerprint density at radius 3 is 2.88 bits per heavy atom. The molecule has 1 aromatic carbocycles. The van der Waals surface area contributed by atoms with Gasteiger partial charge in [-0.2, -0.15) is 0 Å². The number of hydrogen-bond donors (Lipinski definition) is 0. The molecule has 0 unspecified atom stereocenters. The van der Waals surface area contributed by atoms with Crippen LogP contribution in [-0.2, 0) is 17.8 Å². The van der Waals surface area contributed by atoms with Crippen LogP contribution < -0.4 is 9.47 Å². The van der Waals surface area contributed by atoms with Crippen LogP contribution in [0.2, 0.25) is 0 Å². The highest BCUT2D eigenvalue weighted by molar-refractivity contribution is 7.10. The topological polar surface area (TPSA) is 38.8 Å². The first-order valence-corrected chi connectivity index (χ1v) is 9.31. The van der Waals surface area contributed by atoms with Crippen molar-refractivity contribution in [1.82, 2.24) is 4.90 Å². The SMILES string of the molecule is COc1cc(C=CC(=O)N2CCc3sccc3C2)ccc1OC(C)C. The summed E-state index contributed by atoms with van der Waals surface area (Å²) in [5, 5.41) is 2.10. The van der Waals surface area contributed by atoms with Crippen LogP contribution in [0.5, 0.6) is 11.5 Å². The van der Waals surface area contributed by atoms with Crippen LogP contribution in [0.15, 0.2) is 35.7 Å². The van der Waals surface area contributed by atoms with Gasteiger partial charge in [0.15, 0.2) is 11.5 Å². The molecule has 4 nitrogen and oxygen atoms in total. The number of fused-ring (bicyclic) bond motifs is 1. The Bertz CT molecular complexity index is 779. The van der Waals surface area contributed by atoms with Gasteiger partial charge in [0.2, 0.25) is 5.91 Å². The quantitative estimate of drug-likeness (QED) is 0.755. The van der Waals surface area contributed by atoms with E-state index in [1.807, 2.05) is 43.0 Å². The van der Waals surface area contributed by atoms with Crippen molar-refractivity contribution in [3.05, 3.63) is 51.7 Å². The van der Waals surface area contributed by atoms with Crippen LogP contribution >= 0.6 is 11.3 Å². The van der Waals surface area contributed by atoms with E-state index >= 15 is 0 Å². The molecule has 5 heteroatoms. The number of methoxy groups -OCH3 is 1. The number of thiophene rings is 1. The second kappa shape index (κ2) is 7.74. The molecular formula is C20H23NO3S. The standard InChI is InChI=1S/C20H23NO3S/c1-14(2)24-17-6-4-15(12-18(17)23-3)5-7-20(22)21-10-8-19-16(13-21)9-11-25-19/h4-7,9,11-12,14H,8,10,13H2,1-3H3. The summed E-state index contributed by atoms with van der Waals surface area (Å²) < 4.78 is 11.1. The van der Waals surface area contributed by atoms with Gasteiger partial charge in [0, 0.05) is 24.0 Å². The monoisotopic (exact) mass is 357 g/mol. The van der Waals surface area contributed by atoms with Crippen molar-refractivity contribution in [3.8, 4) is 11.5 Å². The van der Waals surface area contributed by atoms with Gasteiger partial charge in [-0.1, -0.05) is 6.07 Å². The number of carbonyl (C=O) groups excluding carboxylic acids is 1. The summed E-state index contributed by atoms with van der Waals surface area (Å²) >= 11 is 1.78. The Morgan fingerprint density at radius 2 is 2.12 bits per heavy atom. The minimum absolute atomic E-state index is 0.0401. The first kappa shape index (κ1) is 17.5. The second-order valence-corrected chi connectivity index (χ2v) is 7.29. The third kappa shape index (κ3) is 4.23. The van der Waals surface area contributed by atoms with Gasteiger partial charge >= 0.3 is 0 Å². The number of hydrogen-bond acceptors (Lipinski definition) is 4. The van der Waals surface area contributed by atoms with Gasteiger partial charge in [-0.15, -0.1) is 11.3 Å². The number of rotatable bonds is 5. The zero-order valence-electron chi connectivity index (χ0n) is 14.8. The summed E-state index contributed by atoms with van der Waals surface area (Å²) in [6, 6.07) is 7.80. The fourth-order valence-corrected chi connectivity index (χ4v) is 3.74. The van der Waals surface area contributed by atoms with Gasteiger partial charge in [-0.3, -0.25) is 4.79 Å². The molecule has 0 atom stereocenters. The van der Waals surface area contributed by atoms with Crippen molar-refractivity contribution in [2.45, 2.75) is 32.9 Å². The predicted molar refractivity (Wildman–Crippen MR) is 101 cm³/mol. The molecule has 132 valence electrons. The third-order valence-electron chi connectivity index (χ3n) is 4.09. The van der Waals surface area contributed by atoms with E-state index in [2.05, 4.69) is 11.4 Å². The normalized spacial score (nSPS) is 14.0. The highest BCUT2D eigenvalue weighted by Gasteiger charge is 2.19. The van der Waals surface area contributed by atoms with Crippen molar-refractivity contribution in [2.75, 3.05) is 13.7 Å². The van der Waals surface area contributed by atoms with Gasteiger partial charge in [0.05, 0.1) is 13.2 Å². The van der Waals surface area contributed by atoms with Gasteiger partial charge < -0.3 is 14.4 Å². The van der Waals surface area contributed by atoms with Gasteiger partial charge in [0.1, 0.15) is 0 Å². The lowest BCUT2D eigenvalue weighted by Crippen LogP contribution is -2.34. The molecular weight excluding hydrogens is 334 g/mol. The smallest absolute Gasteiger partial charge is 0.246 e. The molecule has 0 saturated heterocycles. The lowest BCUT2D eigenvalue weighted by Gasteiger charge is -2.25. The maximum absolute atomic E-state index is 12.5. The Kier molecular flexibility index (Phi) is 5.43. The average molecular weight is 357 g/mol. The van der Waals surface area contributed by atoms with Gasteiger partial charge in [-0.05, 0) is 61.1 Å². The molecule has 0 fully saturated rings. The van der Waals surface area contributed by atoms with Crippen molar-refractivity contribution in [1.29, 1.82) is 0 Å². The summed E-state index contributed by atoms with van der Waals surface area (Å²) in [4.78, 5) is 15.7. The molecule has 0 N–H and O–H groups in total. The largest absolute Gasteiger partial charge is 0.493 e. The summed E-state index contributed by atoms with van der Waals surface area (Å²) in [5.41, 5.74) is 2.18. The Hall–Kier alpha value is -2.27. The minimum atomic E-state index is 0.0401. The van der Waals surface area contributed by atoms with Gasteiger partial charge in [-0.25, -0.2) is 0 Å². The molecule has 2 aromatic rings. The van der Waals surface area contributed by atoms with E-state index < -0.39 is 0 Å². The molecule has 25 heavy (non-hydrogen) atoms. The molecule has 2 heterocycles. The van der Waals surface area contributed by atoms with Crippen molar-refractivity contribution < 1.29 is 14.3 Å². The summed E-state index contributed by atoms with van der Waals surface area (Å²) in [6.45, 7) is 5.43. The lowest BCUT2D eigenvalue weighted by molar-refractivity contribution is -0.126. The lowest BCUT2D eigenvalue weighted by atomic mass is 10.1. The Balaban J connectivity index is 1.68. The van der Waals surface area contributed by atoms with Crippen LogP contribution in [-0.4, -0.2) is 30.6 Å². The molecule has 0 bridgehead atoms. The predicted octanol–water partition coefficient (Wildman–Crippen LogP) is 4.14. The fourth-order valence-electron chi connectivity index (χ4n) is 2.85. The third-order valence-corrected chi connectivity index (χ3v) is 5.11. The van der Waals surface area contributed by atoms with E-state index in [9.17, 15) is 4.79 Å². The first-order chi connectivity index (χ1) is 12.1. The highest BCUT2D eigenvalue weighted by Crippen LogP contribution is 2.29. The van der Waals surface area contributed by atoms with Crippen LogP contribution in [0.1, 0.15) is 29.9 Å². The molecule has 1 amide bonds. The molecule has 0 spiro atoms. The van der Waals surface area contributed by atoms with Crippen LogP contribution in [0.3, 0.4) is 0 Å². The number of amides is 1. The van der Waals surface area contributed by atoms with E-state index in [0.29, 0.717) is 18.0 Å². The fraction of sp³-hybridized carbons (Fsp3) is 0.350. The molecule has 1 aliphatic heterocycles. The zero-order valence-corrected chi connectivity index (χ0v) is 15.6. The summed E-state index contributed by atoms with van der Waals surface area (Å²) in [7, 11) is 1.62. The summed E-state index contributed by atoms with van der Waals surface area (Å²) in [5.74, 6) is 1.42. The molecule has 3 rings (SSSR count). The van der Waals surface area contributed by atoms with Crippen LogP contribution in [0.4, 0.5) is 0 Å². The zero-order chi connectivity index (χ0) is 17.8. The highest BCUT2D eigenvalue weighted by atomic mass is 32.1. The van der Waals surface area contributed by atoms with Crippen LogP contribution in [0.25, 0.3) is 6.08 Å². The van der Waals surface area contributed by atoms with Crippen molar-refractivity contribution in [2.24, 2.45) is 0 Å². The number of carbonyl (C=O) groups is 1. The Morgan fingerprint density at radius 1 is 1.28 bits per heavy atom. The van der Waals surface area contributed by atoms with Crippen LogP contribution in [0, 0.1) is 0 Å². The molecule has 0 aliphatic carbocycles. The number of nitrogens with zero attached hydrogens (tertiary/aromatic N) is 1. The van der Waals surface area contributed by atoms with E-state index in [1.165, 1.54) is 10.4 Å². The van der Waals surface area contributed by atoms with E-state index in [1.54, 1.807) is 24.5 Å². The summed E-state index contributed by atoms with van der Waals surface area (Å²) in [6.07, 6.45) is 4.49. The molecule has 1 aromatic heterocycles. The number of ether oxygens (including phenoxy) is 2. The minimum Gasteiger partial charge on any atom is -0.493 e. The Labute approximate surface area is 152 Å².